The second kappa shape index (κ2) is 9.31. The van der Waals surface area contributed by atoms with Crippen molar-refractivity contribution >= 4 is 26.7 Å². The molecule has 0 amide bonds. The van der Waals surface area contributed by atoms with Gasteiger partial charge in [-0.3, -0.25) is 4.90 Å². The first-order chi connectivity index (χ1) is 16.5. The number of benzene rings is 2. The summed E-state index contributed by atoms with van der Waals surface area (Å²) < 4.78 is 8.63. The van der Waals surface area contributed by atoms with Gasteiger partial charge >= 0.3 is 0 Å². The number of methoxy groups -OCH3 is 1. The molecule has 1 unspecified atom stereocenters. The Kier molecular flexibility index (Phi) is 6.22. The van der Waals surface area contributed by atoms with E-state index in [0.717, 1.165) is 60.4 Å². The lowest BCUT2D eigenvalue weighted by Crippen LogP contribution is -2.48. The highest BCUT2D eigenvalue weighted by atomic mass is 32.1. The van der Waals surface area contributed by atoms with E-state index in [1.807, 2.05) is 22.9 Å². The maximum atomic E-state index is 5.40. The minimum absolute atomic E-state index is 0.0377. The van der Waals surface area contributed by atoms with Gasteiger partial charge in [0.1, 0.15) is 5.75 Å². The minimum atomic E-state index is -0.174. The van der Waals surface area contributed by atoms with Crippen molar-refractivity contribution in [2.75, 3.05) is 38.2 Å². The Morgan fingerprint density at radius 3 is 2.44 bits per heavy atom. The van der Waals surface area contributed by atoms with Crippen molar-refractivity contribution in [2.24, 2.45) is 0 Å². The third kappa shape index (κ3) is 4.25. The van der Waals surface area contributed by atoms with Gasteiger partial charge in [-0.2, -0.15) is 0 Å². The summed E-state index contributed by atoms with van der Waals surface area (Å²) in [7, 11) is 1.69. The number of piperazine rings is 1. The van der Waals surface area contributed by atoms with E-state index in [1.165, 1.54) is 4.70 Å². The molecule has 4 aromatic rings. The van der Waals surface area contributed by atoms with Crippen LogP contribution >= 0.6 is 11.3 Å². The average Bonchev–Trinajstić information content (AvgIpc) is 3.53. The van der Waals surface area contributed by atoms with Gasteiger partial charge < -0.3 is 9.64 Å². The highest BCUT2D eigenvalue weighted by Gasteiger charge is 2.34. The Labute approximate surface area is 204 Å². The Morgan fingerprint density at radius 2 is 1.76 bits per heavy atom. The van der Waals surface area contributed by atoms with Crippen molar-refractivity contribution in [1.82, 2.24) is 30.1 Å². The van der Waals surface area contributed by atoms with Gasteiger partial charge in [0.05, 0.1) is 28.9 Å². The smallest absolute Gasteiger partial charge is 0.186 e. The lowest BCUT2D eigenvalue weighted by Gasteiger charge is -2.39. The van der Waals surface area contributed by atoms with Crippen molar-refractivity contribution in [3.8, 4) is 5.75 Å². The molecule has 1 fully saturated rings. The van der Waals surface area contributed by atoms with E-state index in [4.69, 9.17) is 9.72 Å². The molecule has 8 nitrogen and oxygen atoms in total. The SMILES string of the molecule is CCC(C)(C)n1nnnc1C(c1ccc(OC)cc1)N1CCN(c2nc3ccccc3s2)CC1. The molecule has 3 heterocycles. The van der Waals surface area contributed by atoms with Crippen LogP contribution in [-0.4, -0.2) is 63.4 Å². The van der Waals surface area contributed by atoms with Gasteiger partial charge in [0, 0.05) is 26.2 Å². The van der Waals surface area contributed by atoms with E-state index in [9.17, 15) is 0 Å². The molecule has 0 bridgehead atoms. The van der Waals surface area contributed by atoms with Crippen LogP contribution in [0.5, 0.6) is 5.75 Å². The lowest BCUT2D eigenvalue weighted by atomic mass is 9.99. The van der Waals surface area contributed by atoms with E-state index in [0.29, 0.717) is 0 Å². The van der Waals surface area contributed by atoms with Gasteiger partial charge in [-0.15, -0.1) is 5.10 Å². The molecule has 1 atom stereocenters. The maximum absolute atomic E-state index is 5.40. The number of hydrogen-bond donors (Lipinski definition) is 0. The van der Waals surface area contributed by atoms with Gasteiger partial charge in [-0.25, -0.2) is 9.67 Å². The second-order valence-corrected chi connectivity index (χ2v) is 10.3. The molecule has 34 heavy (non-hydrogen) atoms. The zero-order valence-electron chi connectivity index (χ0n) is 20.2. The van der Waals surface area contributed by atoms with Crippen LogP contribution in [0.1, 0.15) is 44.6 Å². The van der Waals surface area contributed by atoms with Gasteiger partial charge in [0.15, 0.2) is 11.0 Å². The van der Waals surface area contributed by atoms with Crippen molar-refractivity contribution in [2.45, 2.75) is 38.8 Å². The van der Waals surface area contributed by atoms with Crippen LogP contribution in [0.3, 0.4) is 0 Å². The molecule has 0 N–H and O–H groups in total. The number of rotatable bonds is 7. The van der Waals surface area contributed by atoms with Crippen LogP contribution in [0, 0.1) is 0 Å². The molecule has 2 aromatic carbocycles. The van der Waals surface area contributed by atoms with Crippen molar-refractivity contribution in [1.29, 1.82) is 0 Å². The fraction of sp³-hybridized carbons (Fsp3) is 0.440. The number of anilines is 1. The summed E-state index contributed by atoms with van der Waals surface area (Å²) in [5.74, 6) is 1.72. The summed E-state index contributed by atoms with van der Waals surface area (Å²) in [6, 6.07) is 16.6. The largest absolute Gasteiger partial charge is 0.497 e. The highest BCUT2D eigenvalue weighted by molar-refractivity contribution is 7.22. The van der Waals surface area contributed by atoms with Crippen molar-refractivity contribution in [3.05, 3.63) is 59.9 Å². The lowest BCUT2D eigenvalue weighted by molar-refractivity contribution is 0.187. The van der Waals surface area contributed by atoms with E-state index in [-0.39, 0.29) is 11.6 Å². The van der Waals surface area contributed by atoms with E-state index in [1.54, 1.807) is 18.4 Å². The standard InChI is InChI=1S/C25H31N7OS/c1-5-25(2,3)32-23(27-28-29-32)22(18-10-12-19(33-4)13-11-18)30-14-16-31(17-15-30)24-26-20-8-6-7-9-21(20)34-24/h6-13,22H,5,14-17H2,1-4H3. The molecule has 9 heteroatoms. The molecular weight excluding hydrogens is 446 g/mol. The molecule has 0 spiro atoms. The molecule has 0 radical (unpaired) electrons. The first-order valence-corrected chi connectivity index (χ1v) is 12.6. The summed E-state index contributed by atoms with van der Waals surface area (Å²) >= 11 is 1.77. The highest BCUT2D eigenvalue weighted by Crippen LogP contribution is 2.34. The monoisotopic (exact) mass is 477 g/mol. The zero-order chi connectivity index (χ0) is 23.7. The normalized spacial score (nSPS) is 16.2. The van der Waals surface area contributed by atoms with E-state index >= 15 is 0 Å². The predicted octanol–water partition coefficient (Wildman–Crippen LogP) is 4.35. The van der Waals surface area contributed by atoms with E-state index < -0.39 is 0 Å². The van der Waals surface area contributed by atoms with Crippen molar-refractivity contribution in [3.63, 3.8) is 0 Å². The van der Waals surface area contributed by atoms with Gasteiger partial charge in [0.25, 0.3) is 0 Å². The van der Waals surface area contributed by atoms with Gasteiger partial charge in [0.2, 0.25) is 0 Å². The fourth-order valence-electron chi connectivity index (χ4n) is 4.42. The number of para-hydroxylation sites is 1. The Hall–Kier alpha value is -3.04. The first-order valence-electron chi connectivity index (χ1n) is 11.8. The number of ether oxygens (including phenoxy) is 1. The molecule has 0 aliphatic carbocycles. The molecule has 1 saturated heterocycles. The first kappa shape index (κ1) is 22.7. The number of thiazole rings is 1. The Balaban J connectivity index is 1.44. The predicted molar refractivity (Wildman–Crippen MR) is 136 cm³/mol. The van der Waals surface area contributed by atoms with Crippen LogP contribution in [0.4, 0.5) is 5.13 Å². The quantitative estimate of drug-likeness (QED) is 0.392. The average molecular weight is 478 g/mol. The van der Waals surface area contributed by atoms with E-state index in [2.05, 4.69) is 76.4 Å². The second-order valence-electron chi connectivity index (χ2n) is 9.28. The third-order valence-corrected chi connectivity index (χ3v) is 7.94. The maximum Gasteiger partial charge on any atom is 0.186 e. The molecule has 5 rings (SSSR count). The number of hydrogen-bond acceptors (Lipinski definition) is 8. The van der Waals surface area contributed by atoms with Crippen molar-refractivity contribution < 1.29 is 4.74 Å². The van der Waals surface area contributed by atoms with Crippen LogP contribution in [0.25, 0.3) is 10.2 Å². The van der Waals surface area contributed by atoms with Gasteiger partial charge in [-0.1, -0.05) is 42.5 Å². The topological polar surface area (TPSA) is 72.2 Å². The number of nitrogens with zero attached hydrogens (tertiary/aromatic N) is 7. The molecule has 1 aliphatic heterocycles. The summed E-state index contributed by atoms with van der Waals surface area (Å²) in [4.78, 5) is 9.75. The van der Waals surface area contributed by atoms with Crippen LogP contribution in [0.2, 0.25) is 0 Å². The fourth-order valence-corrected chi connectivity index (χ4v) is 5.44. The molecule has 178 valence electrons. The molecular formula is C25H31N7OS. The minimum Gasteiger partial charge on any atom is -0.497 e. The number of tetrazole rings is 1. The molecule has 1 aliphatic rings. The molecule has 0 saturated carbocycles. The van der Waals surface area contributed by atoms with Crippen LogP contribution in [-0.2, 0) is 5.54 Å². The van der Waals surface area contributed by atoms with Gasteiger partial charge in [-0.05, 0) is 60.5 Å². The summed E-state index contributed by atoms with van der Waals surface area (Å²) in [5, 5.41) is 14.1. The van der Waals surface area contributed by atoms with Crippen LogP contribution < -0.4 is 9.64 Å². The summed E-state index contributed by atoms with van der Waals surface area (Å²) in [5.41, 5.74) is 2.06. The van der Waals surface area contributed by atoms with Crippen LogP contribution in [0.15, 0.2) is 48.5 Å². The third-order valence-electron chi connectivity index (χ3n) is 6.84. The summed E-state index contributed by atoms with van der Waals surface area (Å²) in [6.45, 7) is 10.1. The number of aromatic nitrogens is 5. The Morgan fingerprint density at radius 1 is 1.03 bits per heavy atom. The summed E-state index contributed by atoms with van der Waals surface area (Å²) in [6.07, 6.45) is 0.936. The molecule has 2 aromatic heterocycles. The Bertz CT molecular complexity index is 1210. The number of fused-ring (bicyclic) bond motifs is 1. The zero-order valence-corrected chi connectivity index (χ0v) is 21.0.